The van der Waals surface area contributed by atoms with Crippen LogP contribution >= 0.6 is 0 Å². The van der Waals surface area contributed by atoms with E-state index >= 15 is 0 Å². The minimum Gasteiger partial charge on any atom is -0.464 e. The first-order valence-electron chi connectivity index (χ1n) is 13.4. The minimum atomic E-state index is -0.765. The van der Waals surface area contributed by atoms with Crippen molar-refractivity contribution in [3.63, 3.8) is 0 Å². The van der Waals surface area contributed by atoms with E-state index in [1.165, 1.54) is 28.8 Å². The number of anilines is 1. The fourth-order valence-corrected chi connectivity index (χ4v) is 4.65. The normalized spacial score (nSPS) is 14.9. The van der Waals surface area contributed by atoms with Crippen LogP contribution in [0.15, 0.2) is 35.3 Å². The van der Waals surface area contributed by atoms with Gasteiger partial charge in [0.1, 0.15) is 17.1 Å². The zero-order valence-corrected chi connectivity index (χ0v) is 24.7. The van der Waals surface area contributed by atoms with Crippen LogP contribution in [0.4, 0.5) is 10.5 Å². The van der Waals surface area contributed by atoms with E-state index in [9.17, 15) is 19.2 Å². The molecular formula is C30H36N4O7. The number of hydrogen-bond acceptors (Lipinski definition) is 9. The number of fused-ring (bicyclic) bond motifs is 2. The molecule has 3 aromatic rings. The Morgan fingerprint density at radius 2 is 1.80 bits per heavy atom. The number of rotatable bonds is 5. The lowest BCUT2D eigenvalue weighted by atomic mass is 9.98. The topological polar surface area (TPSA) is 130 Å². The summed E-state index contributed by atoms with van der Waals surface area (Å²) in [6.07, 6.45) is 2.06. The van der Waals surface area contributed by atoms with Gasteiger partial charge in [0, 0.05) is 0 Å². The van der Waals surface area contributed by atoms with Gasteiger partial charge in [-0.25, -0.2) is 19.6 Å². The SMILES string of the molecule is COC(=O)c1ccc(N(C(=O)OC(C)(C)C)[C@H]2CCc3cc4nc(C)n(COC(=O)C(C)(C)C)c(=O)c4cc32)cn1. The molecule has 0 aliphatic heterocycles. The number of hydrogen-bond donors (Lipinski definition) is 0. The number of benzene rings is 1. The van der Waals surface area contributed by atoms with E-state index in [1.807, 2.05) is 6.07 Å². The predicted octanol–water partition coefficient (Wildman–Crippen LogP) is 4.86. The highest BCUT2D eigenvalue weighted by molar-refractivity contribution is 5.91. The number of amides is 1. The molecule has 1 aliphatic rings. The third kappa shape index (κ3) is 6.23. The summed E-state index contributed by atoms with van der Waals surface area (Å²) in [4.78, 5) is 61.7. The zero-order valence-electron chi connectivity index (χ0n) is 24.7. The van der Waals surface area contributed by atoms with Gasteiger partial charge in [-0.05, 0) is 96.7 Å². The average molecular weight is 565 g/mol. The maximum Gasteiger partial charge on any atom is 0.415 e. The van der Waals surface area contributed by atoms with Gasteiger partial charge in [-0.2, -0.15) is 0 Å². The zero-order chi connectivity index (χ0) is 30.3. The van der Waals surface area contributed by atoms with Gasteiger partial charge in [-0.15, -0.1) is 0 Å². The number of ether oxygens (including phenoxy) is 3. The molecule has 1 atom stereocenters. The Morgan fingerprint density at radius 1 is 1.10 bits per heavy atom. The van der Waals surface area contributed by atoms with Crippen molar-refractivity contribution in [3.05, 3.63) is 63.5 Å². The number of carbonyl (C=O) groups excluding carboxylic acids is 3. The van der Waals surface area contributed by atoms with Crippen molar-refractivity contribution in [1.82, 2.24) is 14.5 Å². The number of esters is 2. The van der Waals surface area contributed by atoms with Crippen molar-refractivity contribution in [3.8, 4) is 0 Å². The maximum absolute atomic E-state index is 13.6. The van der Waals surface area contributed by atoms with Gasteiger partial charge in [-0.3, -0.25) is 19.1 Å². The Bertz CT molecular complexity index is 1560. The second-order valence-electron chi connectivity index (χ2n) is 12.1. The van der Waals surface area contributed by atoms with Gasteiger partial charge in [0.15, 0.2) is 6.73 Å². The lowest BCUT2D eigenvalue weighted by Crippen LogP contribution is -2.39. The van der Waals surface area contributed by atoms with Crippen LogP contribution in [0.2, 0.25) is 0 Å². The molecule has 1 aromatic carbocycles. The summed E-state index contributed by atoms with van der Waals surface area (Å²) in [7, 11) is 1.27. The lowest BCUT2D eigenvalue weighted by molar-refractivity contribution is -0.157. The quantitative estimate of drug-likeness (QED) is 0.315. The van der Waals surface area contributed by atoms with Crippen LogP contribution in [0.25, 0.3) is 10.9 Å². The smallest absolute Gasteiger partial charge is 0.415 e. The summed E-state index contributed by atoms with van der Waals surface area (Å²) in [5.41, 5.74) is 0.962. The minimum absolute atomic E-state index is 0.104. The molecule has 0 saturated carbocycles. The molecule has 4 rings (SSSR count). The van der Waals surface area contributed by atoms with Crippen LogP contribution in [0.5, 0.6) is 0 Å². The summed E-state index contributed by atoms with van der Waals surface area (Å²) >= 11 is 0. The molecule has 2 heterocycles. The monoisotopic (exact) mass is 564 g/mol. The van der Waals surface area contributed by atoms with Gasteiger partial charge < -0.3 is 14.2 Å². The van der Waals surface area contributed by atoms with E-state index in [1.54, 1.807) is 60.6 Å². The molecule has 41 heavy (non-hydrogen) atoms. The first kappa shape index (κ1) is 29.7. The number of pyridine rings is 1. The molecule has 0 bridgehead atoms. The Balaban J connectivity index is 1.78. The molecule has 11 heteroatoms. The van der Waals surface area contributed by atoms with E-state index < -0.39 is 35.1 Å². The molecule has 0 radical (unpaired) electrons. The second-order valence-corrected chi connectivity index (χ2v) is 12.1. The fourth-order valence-electron chi connectivity index (χ4n) is 4.65. The molecule has 0 fully saturated rings. The van der Waals surface area contributed by atoms with Gasteiger partial charge in [0.2, 0.25) is 0 Å². The largest absolute Gasteiger partial charge is 0.464 e. The Morgan fingerprint density at radius 3 is 2.39 bits per heavy atom. The third-order valence-corrected chi connectivity index (χ3v) is 6.71. The molecular weight excluding hydrogens is 528 g/mol. The van der Waals surface area contributed by atoms with Crippen molar-refractivity contribution in [2.45, 2.75) is 79.7 Å². The summed E-state index contributed by atoms with van der Waals surface area (Å²) in [5.74, 6) is -0.603. The predicted molar refractivity (Wildman–Crippen MR) is 152 cm³/mol. The number of nitrogens with zero attached hydrogens (tertiary/aromatic N) is 4. The highest BCUT2D eigenvalue weighted by Crippen LogP contribution is 2.40. The lowest BCUT2D eigenvalue weighted by Gasteiger charge is -2.32. The number of methoxy groups -OCH3 is 1. The molecule has 218 valence electrons. The number of carbonyl (C=O) groups is 3. The van der Waals surface area contributed by atoms with Gasteiger partial charge in [-0.1, -0.05) is 0 Å². The molecule has 0 N–H and O–H groups in total. The Hall–Kier alpha value is -4.28. The summed E-state index contributed by atoms with van der Waals surface area (Å²) < 4.78 is 17.2. The highest BCUT2D eigenvalue weighted by Gasteiger charge is 2.36. The first-order valence-corrected chi connectivity index (χ1v) is 13.4. The summed E-state index contributed by atoms with van der Waals surface area (Å²) in [6, 6.07) is 6.26. The number of aromatic nitrogens is 3. The average Bonchev–Trinajstić information content (AvgIpc) is 3.28. The van der Waals surface area contributed by atoms with E-state index in [0.717, 1.165) is 11.1 Å². The molecule has 0 saturated heterocycles. The fraction of sp³-hybridized carbons (Fsp3) is 0.467. The Labute approximate surface area is 238 Å². The highest BCUT2D eigenvalue weighted by atomic mass is 16.6. The van der Waals surface area contributed by atoms with E-state index in [-0.39, 0.29) is 18.0 Å². The van der Waals surface area contributed by atoms with Crippen molar-refractivity contribution in [2.24, 2.45) is 5.41 Å². The first-order chi connectivity index (χ1) is 19.1. The maximum atomic E-state index is 13.6. The molecule has 1 aliphatic carbocycles. The molecule has 1 amide bonds. The Kier molecular flexibility index (Phi) is 7.93. The molecule has 11 nitrogen and oxygen atoms in total. The van der Waals surface area contributed by atoms with Crippen LogP contribution < -0.4 is 10.5 Å². The van der Waals surface area contributed by atoms with Crippen molar-refractivity contribution < 1.29 is 28.6 Å². The summed E-state index contributed by atoms with van der Waals surface area (Å²) in [6.45, 7) is 12.0. The third-order valence-electron chi connectivity index (χ3n) is 6.71. The van der Waals surface area contributed by atoms with Crippen LogP contribution in [-0.2, 0) is 32.2 Å². The van der Waals surface area contributed by atoms with Crippen LogP contribution in [0.1, 0.15) is 81.4 Å². The second kappa shape index (κ2) is 10.9. The van der Waals surface area contributed by atoms with Crippen molar-refractivity contribution in [2.75, 3.05) is 12.0 Å². The van der Waals surface area contributed by atoms with Crippen molar-refractivity contribution >= 4 is 34.6 Å². The van der Waals surface area contributed by atoms with Gasteiger partial charge >= 0.3 is 18.0 Å². The van der Waals surface area contributed by atoms with E-state index in [0.29, 0.717) is 35.3 Å². The van der Waals surface area contributed by atoms with E-state index in [4.69, 9.17) is 14.2 Å². The van der Waals surface area contributed by atoms with Gasteiger partial charge in [0.25, 0.3) is 5.56 Å². The van der Waals surface area contributed by atoms with Crippen LogP contribution in [-0.4, -0.2) is 45.3 Å². The molecule has 0 unspecified atom stereocenters. The molecule has 0 spiro atoms. The standard InChI is InChI=1S/C30H36N4O7/c1-17-32-23-13-18-9-12-24(20(18)14-21(23)25(35)33(17)16-40-27(37)29(2,3)4)34(28(38)41-30(5,6)7)19-10-11-22(31-15-19)26(36)39-8/h10-11,13-15,24H,9,12,16H2,1-8H3/t24-/m0/s1. The van der Waals surface area contributed by atoms with Gasteiger partial charge in [0.05, 0.1) is 41.4 Å². The van der Waals surface area contributed by atoms with Crippen molar-refractivity contribution in [1.29, 1.82) is 0 Å². The van der Waals surface area contributed by atoms with Crippen LogP contribution in [0, 0.1) is 12.3 Å². The molecule has 2 aromatic heterocycles. The summed E-state index contributed by atoms with van der Waals surface area (Å²) in [5, 5.41) is 0.344. The van der Waals surface area contributed by atoms with Crippen LogP contribution in [0.3, 0.4) is 0 Å². The number of aryl methyl sites for hydroxylation is 2. The van der Waals surface area contributed by atoms with E-state index in [2.05, 4.69) is 9.97 Å².